The Morgan fingerprint density at radius 3 is 2.70 bits per heavy atom. The van der Waals surface area contributed by atoms with Crippen LogP contribution in [0.5, 0.6) is 0 Å². The molecule has 0 atom stereocenters. The average molecular weight is 313 g/mol. The first-order valence-corrected chi connectivity index (χ1v) is 7.99. The molecule has 0 aromatic carbocycles. The van der Waals surface area contributed by atoms with Crippen LogP contribution in [0.3, 0.4) is 0 Å². The second kappa shape index (κ2) is 6.26. The molecule has 2 aromatic heterocycles. The summed E-state index contributed by atoms with van der Waals surface area (Å²) in [5.74, 6) is 0.0939. The van der Waals surface area contributed by atoms with E-state index in [2.05, 4.69) is 9.88 Å². The van der Waals surface area contributed by atoms with Crippen molar-refractivity contribution >= 4 is 5.78 Å². The van der Waals surface area contributed by atoms with Gasteiger partial charge < -0.3 is 9.67 Å². The first-order valence-electron chi connectivity index (χ1n) is 7.99. The van der Waals surface area contributed by atoms with Crippen molar-refractivity contribution in [3.8, 4) is 0 Å². The summed E-state index contributed by atoms with van der Waals surface area (Å²) < 4.78 is 2.01. The minimum Gasteiger partial charge on any atom is -0.385 e. The molecule has 0 saturated carbocycles. The van der Waals surface area contributed by atoms with E-state index in [4.69, 9.17) is 0 Å². The first kappa shape index (κ1) is 15.9. The van der Waals surface area contributed by atoms with Crippen LogP contribution >= 0.6 is 0 Å². The van der Waals surface area contributed by atoms with Gasteiger partial charge in [0.05, 0.1) is 5.60 Å². The molecule has 3 heterocycles. The fourth-order valence-electron chi connectivity index (χ4n) is 3.20. The molecule has 5 nitrogen and oxygen atoms in total. The van der Waals surface area contributed by atoms with Gasteiger partial charge in [0.25, 0.3) is 0 Å². The quantitative estimate of drug-likeness (QED) is 0.878. The number of aryl methyl sites for hydroxylation is 1. The number of hydrogen-bond acceptors (Lipinski definition) is 4. The normalized spacial score (nSPS) is 18.0. The highest BCUT2D eigenvalue weighted by molar-refractivity contribution is 5.94. The van der Waals surface area contributed by atoms with Gasteiger partial charge in [-0.05, 0) is 31.9 Å². The minimum absolute atomic E-state index is 0.0939. The van der Waals surface area contributed by atoms with Gasteiger partial charge in [-0.15, -0.1) is 0 Å². The van der Waals surface area contributed by atoms with Gasteiger partial charge in [0, 0.05) is 62.1 Å². The number of likely N-dealkylation sites (tertiary alicyclic amines) is 1. The summed E-state index contributed by atoms with van der Waals surface area (Å²) in [6.45, 7) is 4.04. The molecule has 23 heavy (non-hydrogen) atoms. The van der Waals surface area contributed by atoms with Gasteiger partial charge in [-0.2, -0.15) is 0 Å². The number of pyridine rings is 1. The minimum atomic E-state index is -0.774. The Hall–Kier alpha value is -1.98. The van der Waals surface area contributed by atoms with E-state index in [1.165, 1.54) is 0 Å². The Kier molecular flexibility index (Phi) is 4.33. The number of Topliss-reactive ketones (excluding diaryl/α,β-unsaturated/α-hetero) is 1. The SMILES string of the molecule is CC(=O)c1cc(CN2CCC(O)(c3cccnc3)CC2)n(C)c1. The summed E-state index contributed by atoms with van der Waals surface area (Å²) in [5, 5.41) is 10.8. The van der Waals surface area contributed by atoms with Crippen LogP contribution in [0.4, 0.5) is 0 Å². The van der Waals surface area contributed by atoms with Crippen LogP contribution in [0, 0.1) is 0 Å². The largest absolute Gasteiger partial charge is 0.385 e. The van der Waals surface area contributed by atoms with Crippen molar-refractivity contribution in [2.24, 2.45) is 7.05 Å². The zero-order valence-corrected chi connectivity index (χ0v) is 13.7. The van der Waals surface area contributed by atoms with E-state index in [0.29, 0.717) is 12.8 Å². The number of ketones is 1. The molecule has 2 aromatic rings. The molecular formula is C18H23N3O2. The third-order valence-corrected chi connectivity index (χ3v) is 4.78. The maximum atomic E-state index is 11.5. The zero-order chi connectivity index (χ0) is 16.4. The third kappa shape index (κ3) is 3.35. The fourth-order valence-corrected chi connectivity index (χ4v) is 3.20. The van der Waals surface area contributed by atoms with Crippen molar-refractivity contribution in [2.45, 2.75) is 31.9 Å². The molecule has 0 radical (unpaired) electrons. The number of aliphatic hydroxyl groups is 1. The second-order valence-corrected chi connectivity index (χ2v) is 6.44. The lowest BCUT2D eigenvalue weighted by Crippen LogP contribution is -2.42. The number of carbonyl (C=O) groups is 1. The van der Waals surface area contributed by atoms with Gasteiger partial charge in [-0.25, -0.2) is 0 Å². The molecule has 5 heteroatoms. The van der Waals surface area contributed by atoms with Gasteiger partial charge >= 0.3 is 0 Å². The Morgan fingerprint density at radius 1 is 1.39 bits per heavy atom. The first-order chi connectivity index (χ1) is 11.0. The van der Waals surface area contributed by atoms with E-state index in [9.17, 15) is 9.90 Å². The highest BCUT2D eigenvalue weighted by atomic mass is 16.3. The van der Waals surface area contributed by atoms with Crippen molar-refractivity contribution in [2.75, 3.05) is 13.1 Å². The predicted octanol–water partition coefficient (Wildman–Crippen LogP) is 2.11. The number of rotatable bonds is 4. The molecular weight excluding hydrogens is 290 g/mol. The van der Waals surface area contributed by atoms with Gasteiger partial charge in [0.15, 0.2) is 5.78 Å². The smallest absolute Gasteiger partial charge is 0.161 e. The van der Waals surface area contributed by atoms with E-state index in [-0.39, 0.29) is 5.78 Å². The molecule has 0 bridgehead atoms. The monoisotopic (exact) mass is 313 g/mol. The highest BCUT2D eigenvalue weighted by Gasteiger charge is 2.34. The van der Waals surface area contributed by atoms with Crippen molar-refractivity contribution in [1.82, 2.24) is 14.5 Å². The third-order valence-electron chi connectivity index (χ3n) is 4.78. The van der Waals surface area contributed by atoms with E-state index >= 15 is 0 Å². The van der Waals surface area contributed by atoms with Crippen LogP contribution in [-0.4, -0.2) is 38.4 Å². The van der Waals surface area contributed by atoms with Crippen LogP contribution in [0.15, 0.2) is 36.8 Å². The molecule has 1 N–H and O–H groups in total. The van der Waals surface area contributed by atoms with E-state index in [1.807, 2.05) is 36.0 Å². The van der Waals surface area contributed by atoms with Crippen LogP contribution in [0.25, 0.3) is 0 Å². The standard InChI is InChI=1S/C18H23N3O2/c1-14(22)15-10-17(20(2)12-15)13-21-8-5-18(23,6-9-21)16-4-3-7-19-11-16/h3-4,7,10-12,23H,5-6,8-9,13H2,1-2H3. The van der Waals surface area contributed by atoms with Gasteiger partial charge in [0.1, 0.15) is 0 Å². The maximum Gasteiger partial charge on any atom is 0.161 e. The van der Waals surface area contributed by atoms with Crippen LogP contribution in [0.1, 0.15) is 41.4 Å². The molecule has 3 rings (SSSR count). The molecule has 0 unspecified atom stereocenters. The summed E-state index contributed by atoms with van der Waals surface area (Å²) in [7, 11) is 1.97. The van der Waals surface area contributed by atoms with Crippen LogP contribution in [0.2, 0.25) is 0 Å². The van der Waals surface area contributed by atoms with Crippen LogP contribution in [-0.2, 0) is 19.2 Å². The maximum absolute atomic E-state index is 11.5. The molecule has 0 amide bonds. The summed E-state index contributed by atoms with van der Waals surface area (Å²) in [6.07, 6.45) is 6.76. The molecule has 1 saturated heterocycles. The van der Waals surface area contributed by atoms with E-state index in [0.717, 1.165) is 36.5 Å². The lowest BCUT2D eigenvalue weighted by atomic mass is 9.85. The van der Waals surface area contributed by atoms with Gasteiger partial charge in [-0.3, -0.25) is 14.7 Å². The summed E-state index contributed by atoms with van der Waals surface area (Å²) >= 11 is 0. The average Bonchev–Trinajstić information content (AvgIpc) is 2.92. The van der Waals surface area contributed by atoms with Crippen LogP contribution < -0.4 is 0 Å². The lowest BCUT2D eigenvalue weighted by Gasteiger charge is -2.38. The topological polar surface area (TPSA) is 58.4 Å². The summed E-state index contributed by atoms with van der Waals surface area (Å²) in [5.41, 5.74) is 2.01. The Morgan fingerprint density at radius 2 is 2.13 bits per heavy atom. The number of aromatic nitrogens is 2. The number of hydrogen-bond donors (Lipinski definition) is 1. The predicted molar refractivity (Wildman–Crippen MR) is 88.1 cm³/mol. The molecule has 0 aliphatic carbocycles. The van der Waals surface area contributed by atoms with E-state index < -0.39 is 5.60 Å². The number of carbonyl (C=O) groups excluding carboxylic acids is 1. The molecule has 1 fully saturated rings. The molecule has 1 aliphatic heterocycles. The fraction of sp³-hybridized carbons (Fsp3) is 0.444. The van der Waals surface area contributed by atoms with Crippen molar-refractivity contribution in [3.63, 3.8) is 0 Å². The van der Waals surface area contributed by atoms with Crippen molar-refractivity contribution in [1.29, 1.82) is 0 Å². The Bertz CT molecular complexity index is 686. The van der Waals surface area contributed by atoms with Crippen molar-refractivity contribution in [3.05, 3.63) is 53.6 Å². The summed E-state index contributed by atoms with van der Waals surface area (Å²) in [6, 6.07) is 5.77. The van der Waals surface area contributed by atoms with Crippen molar-refractivity contribution < 1.29 is 9.90 Å². The lowest BCUT2D eigenvalue weighted by molar-refractivity contribution is -0.0283. The van der Waals surface area contributed by atoms with Gasteiger partial charge in [-0.1, -0.05) is 6.07 Å². The number of nitrogens with zero attached hydrogens (tertiary/aromatic N) is 3. The Balaban J connectivity index is 1.64. The van der Waals surface area contributed by atoms with Gasteiger partial charge in [0.2, 0.25) is 0 Å². The molecule has 122 valence electrons. The second-order valence-electron chi connectivity index (χ2n) is 6.44. The Labute approximate surface area is 136 Å². The highest BCUT2D eigenvalue weighted by Crippen LogP contribution is 2.32. The summed E-state index contributed by atoms with van der Waals surface area (Å²) in [4.78, 5) is 17.9. The zero-order valence-electron chi connectivity index (χ0n) is 13.7. The van der Waals surface area contributed by atoms with E-state index in [1.54, 1.807) is 19.3 Å². The number of piperidine rings is 1. The molecule has 1 aliphatic rings. The molecule has 0 spiro atoms.